The molecule has 0 atom stereocenters. The molecule has 0 spiro atoms. The molecule has 4 nitrogen and oxygen atoms in total. The van der Waals surface area contributed by atoms with Crippen LogP contribution in [0, 0.1) is 5.82 Å². The highest BCUT2D eigenvalue weighted by atomic mass is 19.1. The number of carbonyl (C=O) groups is 1. The van der Waals surface area contributed by atoms with Crippen molar-refractivity contribution in [1.29, 1.82) is 0 Å². The summed E-state index contributed by atoms with van der Waals surface area (Å²) >= 11 is 0. The Kier molecular flexibility index (Phi) is 5.42. The van der Waals surface area contributed by atoms with Crippen LogP contribution >= 0.6 is 0 Å². The topological polar surface area (TPSA) is 50.4 Å². The SMILES string of the molecule is COc1cc(F)cc(NCCC(=O)NC(C)C)c1. The zero-order chi connectivity index (χ0) is 13.5. The van der Waals surface area contributed by atoms with Crippen LogP contribution in [0.2, 0.25) is 0 Å². The van der Waals surface area contributed by atoms with Crippen molar-refractivity contribution in [1.82, 2.24) is 5.32 Å². The molecule has 0 fully saturated rings. The van der Waals surface area contributed by atoms with Gasteiger partial charge in [-0.25, -0.2) is 4.39 Å². The van der Waals surface area contributed by atoms with Crippen LogP contribution in [0.3, 0.4) is 0 Å². The first kappa shape index (κ1) is 14.3. The molecule has 0 saturated heterocycles. The number of ether oxygens (including phenoxy) is 1. The third-order valence-electron chi connectivity index (χ3n) is 2.24. The molecule has 0 aliphatic heterocycles. The lowest BCUT2D eigenvalue weighted by Crippen LogP contribution is -2.31. The van der Waals surface area contributed by atoms with Crippen LogP contribution in [-0.4, -0.2) is 25.6 Å². The first-order valence-electron chi connectivity index (χ1n) is 5.89. The molecule has 0 aliphatic rings. The van der Waals surface area contributed by atoms with Gasteiger partial charge in [0.2, 0.25) is 5.91 Å². The van der Waals surface area contributed by atoms with Gasteiger partial charge >= 0.3 is 0 Å². The molecular weight excluding hydrogens is 235 g/mol. The Hall–Kier alpha value is -1.78. The van der Waals surface area contributed by atoms with Crippen molar-refractivity contribution < 1.29 is 13.9 Å². The van der Waals surface area contributed by atoms with Gasteiger partial charge in [0.1, 0.15) is 11.6 Å². The van der Waals surface area contributed by atoms with Gasteiger partial charge in [0.25, 0.3) is 0 Å². The second-order valence-electron chi connectivity index (χ2n) is 4.28. The van der Waals surface area contributed by atoms with E-state index in [1.165, 1.54) is 19.2 Å². The second kappa shape index (κ2) is 6.83. The lowest BCUT2D eigenvalue weighted by molar-refractivity contribution is -0.121. The number of carbonyl (C=O) groups excluding carboxylic acids is 1. The van der Waals surface area contributed by atoms with Crippen LogP contribution in [0.15, 0.2) is 18.2 Å². The van der Waals surface area contributed by atoms with Crippen molar-refractivity contribution in [2.75, 3.05) is 19.0 Å². The maximum atomic E-state index is 13.2. The predicted molar refractivity (Wildman–Crippen MR) is 69.3 cm³/mol. The van der Waals surface area contributed by atoms with Crippen LogP contribution in [0.5, 0.6) is 5.75 Å². The van der Waals surface area contributed by atoms with E-state index in [0.29, 0.717) is 24.4 Å². The van der Waals surface area contributed by atoms with Gasteiger partial charge in [-0.3, -0.25) is 4.79 Å². The van der Waals surface area contributed by atoms with Crippen LogP contribution in [0.25, 0.3) is 0 Å². The summed E-state index contributed by atoms with van der Waals surface area (Å²) < 4.78 is 18.1. The van der Waals surface area contributed by atoms with Crippen LogP contribution < -0.4 is 15.4 Å². The van der Waals surface area contributed by atoms with Crippen LogP contribution in [0.4, 0.5) is 10.1 Å². The summed E-state index contributed by atoms with van der Waals surface area (Å²) in [5.41, 5.74) is 0.601. The molecule has 1 aromatic carbocycles. The third kappa shape index (κ3) is 5.03. The average Bonchev–Trinajstić information content (AvgIpc) is 2.27. The Bertz CT molecular complexity index is 408. The highest BCUT2D eigenvalue weighted by Gasteiger charge is 2.04. The van der Waals surface area contributed by atoms with E-state index in [0.717, 1.165) is 0 Å². The van der Waals surface area contributed by atoms with Gasteiger partial charge in [-0.05, 0) is 19.9 Å². The number of hydrogen-bond acceptors (Lipinski definition) is 3. The fraction of sp³-hybridized carbons (Fsp3) is 0.462. The molecule has 0 unspecified atom stereocenters. The predicted octanol–water partition coefficient (Wildman–Crippen LogP) is 2.16. The first-order chi connectivity index (χ1) is 8.51. The van der Waals surface area contributed by atoms with E-state index in [1.807, 2.05) is 13.8 Å². The van der Waals surface area contributed by atoms with Crippen molar-refractivity contribution in [3.8, 4) is 5.75 Å². The van der Waals surface area contributed by atoms with Crippen LogP contribution in [-0.2, 0) is 4.79 Å². The largest absolute Gasteiger partial charge is 0.497 e. The molecule has 0 bridgehead atoms. The Balaban J connectivity index is 2.44. The minimum atomic E-state index is -0.372. The van der Waals surface area contributed by atoms with E-state index in [1.54, 1.807) is 6.07 Å². The lowest BCUT2D eigenvalue weighted by atomic mass is 10.2. The fourth-order valence-corrected chi connectivity index (χ4v) is 1.50. The van der Waals surface area contributed by atoms with E-state index < -0.39 is 0 Å². The monoisotopic (exact) mass is 254 g/mol. The van der Waals surface area contributed by atoms with E-state index >= 15 is 0 Å². The number of methoxy groups -OCH3 is 1. The molecule has 100 valence electrons. The molecule has 5 heteroatoms. The standard InChI is InChI=1S/C13H19FN2O2/c1-9(2)16-13(17)4-5-15-11-6-10(14)7-12(8-11)18-3/h6-9,15H,4-5H2,1-3H3,(H,16,17). The number of anilines is 1. The Morgan fingerprint density at radius 2 is 2.11 bits per heavy atom. The number of nitrogens with one attached hydrogen (secondary N) is 2. The number of hydrogen-bond donors (Lipinski definition) is 2. The van der Waals surface area contributed by atoms with Crippen molar-refractivity contribution in [2.45, 2.75) is 26.3 Å². The van der Waals surface area contributed by atoms with E-state index in [4.69, 9.17) is 4.74 Å². The number of rotatable bonds is 6. The minimum Gasteiger partial charge on any atom is -0.497 e. The highest BCUT2D eigenvalue weighted by molar-refractivity contribution is 5.76. The summed E-state index contributed by atoms with van der Waals surface area (Å²) in [6.07, 6.45) is 0.344. The summed E-state index contributed by atoms with van der Waals surface area (Å²) in [7, 11) is 1.48. The maximum Gasteiger partial charge on any atom is 0.221 e. The molecule has 1 aromatic rings. The quantitative estimate of drug-likeness (QED) is 0.818. The smallest absolute Gasteiger partial charge is 0.221 e. The Labute approximate surface area is 107 Å². The minimum absolute atomic E-state index is 0.0270. The molecule has 0 aromatic heterocycles. The summed E-state index contributed by atoms with van der Waals surface area (Å²) in [6, 6.07) is 4.48. The van der Waals surface area contributed by atoms with E-state index in [9.17, 15) is 9.18 Å². The van der Waals surface area contributed by atoms with Gasteiger partial charge in [-0.15, -0.1) is 0 Å². The normalized spacial score (nSPS) is 10.3. The first-order valence-corrected chi connectivity index (χ1v) is 5.89. The highest BCUT2D eigenvalue weighted by Crippen LogP contribution is 2.19. The number of benzene rings is 1. The zero-order valence-corrected chi connectivity index (χ0v) is 10.9. The molecule has 0 saturated carbocycles. The molecule has 0 aliphatic carbocycles. The van der Waals surface area contributed by atoms with Crippen LogP contribution in [0.1, 0.15) is 20.3 Å². The Morgan fingerprint density at radius 1 is 1.39 bits per heavy atom. The van der Waals surface area contributed by atoms with Gasteiger partial charge in [-0.1, -0.05) is 0 Å². The summed E-state index contributed by atoms with van der Waals surface area (Å²) in [4.78, 5) is 11.4. The lowest BCUT2D eigenvalue weighted by Gasteiger charge is -2.10. The third-order valence-corrected chi connectivity index (χ3v) is 2.24. The van der Waals surface area contributed by atoms with Crippen molar-refractivity contribution >= 4 is 11.6 Å². The summed E-state index contributed by atoms with van der Waals surface area (Å²) in [5.74, 6) is 0.0495. The van der Waals surface area contributed by atoms with E-state index in [-0.39, 0.29) is 17.8 Å². The number of amides is 1. The van der Waals surface area contributed by atoms with Gasteiger partial charge in [0, 0.05) is 36.8 Å². The molecule has 2 N–H and O–H groups in total. The second-order valence-corrected chi connectivity index (χ2v) is 4.28. The van der Waals surface area contributed by atoms with Gasteiger partial charge in [-0.2, -0.15) is 0 Å². The molecule has 1 amide bonds. The maximum absolute atomic E-state index is 13.2. The molecule has 0 heterocycles. The van der Waals surface area contributed by atoms with Crippen molar-refractivity contribution in [3.05, 3.63) is 24.0 Å². The van der Waals surface area contributed by atoms with Crippen molar-refractivity contribution in [2.24, 2.45) is 0 Å². The van der Waals surface area contributed by atoms with Gasteiger partial charge < -0.3 is 15.4 Å². The number of halogens is 1. The molecule has 18 heavy (non-hydrogen) atoms. The zero-order valence-electron chi connectivity index (χ0n) is 10.9. The molecule has 0 radical (unpaired) electrons. The fourth-order valence-electron chi connectivity index (χ4n) is 1.50. The molecule has 1 rings (SSSR count). The van der Waals surface area contributed by atoms with Gasteiger partial charge in [0.15, 0.2) is 0 Å². The molecular formula is C13H19FN2O2. The summed E-state index contributed by atoms with van der Waals surface area (Å²) in [5, 5.41) is 5.77. The van der Waals surface area contributed by atoms with Crippen molar-refractivity contribution in [3.63, 3.8) is 0 Å². The van der Waals surface area contributed by atoms with Gasteiger partial charge in [0.05, 0.1) is 7.11 Å². The summed E-state index contributed by atoms with van der Waals surface area (Å²) in [6.45, 7) is 4.26. The Morgan fingerprint density at radius 3 is 2.72 bits per heavy atom. The average molecular weight is 254 g/mol. The van der Waals surface area contributed by atoms with E-state index in [2.05, 4.69) is 10.6 Å².